The number of β-amino-alcohol motifs (C(OH)–C–C–N with tert-alkyl or cyclic N) is 1. The molecule has 4 atom stereocenters. The van der Waals surface area contributed by atoms with Gasteiger partial charge in [-0.3, -0.25) is 4.90 Å². The molecule has 1 heterocycles. The lowest BCUT2D eigenvalue weighted by Gasteiger charge is -2.37. The number of benzene rings is 3. The monoisotopic (exact) mass is 572 g/mol. The lowest BCUT2D eigenvalue weighted by Crippen LogP contribution is -2.46. The highest BCUT2D eigenvalue weighted by molar-refractivity contribution is 7.89. The van der Waals surface area contributed by atoms with E-state index in [1.165, 1.54) is 6.07 Å². The standard InChI is InChI=1S/C29H33ClN2O6S/c30-23-8-4-5-20(11-23)16-32-17-24(33)15-31-39(36,37)28-10-9-22(21-6-2-1-3-7-21)12-27(28)38-19-29(18-32)13-25(34)26(35)14-29/h1-12,24-26,31,33-35H,13-19H2/t24-,25-,26+,29?/m0/s1. The molecule has 0 amide bonds. The molecular formula is C29H33ClN2O6S. The molecular weight excluding hydrogens is 540 g/mol. The number of aliphatic hydroxyl groups excluding tert-OH is 3. The molecule has 1 saturated carbocycles. The van der Waals surface area contributed by atoms with Gasteiger partial charge in [0.1, 0.15) is 10.6 Å². The molecule has 39 heavy (non-hydrogen) atoms. The Balaban J connectivity index is 1.53. The summed E-state index contributed by atoms with van der Waals surface area (Å²) in [5.74, 6) is 0.176. The maximum atomic E-state index is 13.3. The summed E-state index contributed by atoms with van der Waals surface area (Å²) in [7, 11) is -4.01. The number of nitrogens with zero attached hydrogens (tertiary/aromatic N) is 1. The average molecular weight is 573 g/mol. The Morgan fingerprint density at radius 3 is 2.41 bits per heavy atom. The molecule has 208 valence electrons. The number of sulfonamides is 1. The summed E-state index contributed by atoms with van der Waals surface area (Å²) in [5.41, 5.74) is 1.94. The van der Waals surface area contributed by atoms with E-state index in [4.69, 9.17) is 16.3 Å². The largest absolute Gasteiger partial charge is 0.492 e. The minimum Gasteiger partial charge on any atom is -0.492 e. The third-order valence-electron chi connectivity index (χ3n) is 7.43. The Morgan fingerprint density at radius 2 is 1.69 bits per heavy atom. The molecule has 3 aromatic rings. The van der Waals surface area contributed by atoms with Gasteiger partial charge in [0.2, 0.25) is 10.0 Å². The van der Waals surface area contributed by atoms with Gasteiger partial charge in [0.15, 0.2) is 0 Å². The first-order chi connectivity index (χ1) is 18.6. The molecule has 1 unspecified atom stereocenters. The molecule has 0 bridgehead atoms. The second kappa shape index (κ2) is 11.5. The molecule has 2 aliphatic rings. The summed E-state index contributed by atoms with van der Waals surface area (Å²) >= 11 is 6.20. The maximum absolute atomic E-state index is 13.3. The van der Waals surface area contributed by atoms with Crippen LogP contribution in [0, 0.1) is 5.41 Å². The van der Waals surface area contributed by atoms with Crippen LogP contribution >= 0.6 is 11.6 Å². The van der Waals surface area contributed by atoms with Crippen molar-refractivity contribution in [1.82, 2.24) is 9.62 Å². The van der Waals surface area contributed by atoms with E-state index in [0.29, 0.717) is 18.1 Å². The van der Waals surface area contributed by atoms with E-state index >= 15 is 0 Å². The van der Waals surface area contributed by atoms with Crippen LogP contribution in [0.3, 0.4) is 0 Å². The molecule has 1 fully saturated rings. The predicted octanol–water partition coefficient (Wildman–Crippen LogP) is 3.04. The van der Waals surface area contributed by atoms with Gasteiger partial charge in [-0.05, 0) is 53.8 Å². The summed E-state index contributed by atoms with van der Waals surface area (Å²) in [6.07, 6.45) is -2.32. The number of aliphatic hydroxyl groups is 3. The number of fused-ring (bicyclic) bond motifs is 1. The predicted molar refractivity (Wildman–Crippen MR) is 149 cm³/mol. The molecule has 0 aromatic heterocycles. The van der Waals surface area contributed by atoms with Gasteiger partial charge < -0.3 is 20.1 Å². The molecule has 1 spiro atoms. The maximum Gasteiger partial charge on any atom is 0.244 e. The lowest BCUT2D eigenvalue weighted by atomic mass is 9.85. The van der Waals surface area contributed by atoms with E-state index < -0.39 is 33.8 Å². The zero-order valence-corrected chi connectivity index (χ0v) is 23.0. The lowest BCUT2D eigenvalue weighted by molar-refractivity contribution is 0.0427. The summed E-state index contributed by atoms with van der Waals surface area (Å²) < 4.78 is 35.4. The fourth-order valence-corrected chi connectivity index (χ4v) is 7.03. The van der Waals surface area contributed by atoms with Crippen molar-refractivity contribution >= 4 is 21.6 Å². The van der Waals surface area contributed by atoms with Gasteiger partial charge >= 0.3 is 0 Å². The normalized spacial score (nSPS) is 27.7. The Labute approximate surface area is 233 Å². The number of halogens is 1. The first-order valence-corrected chi connectivity index (χ1v) is 14.8. The van der Waals surface area contributed by atoms with Gasteiger partial charge in [0.25, 0.3) is 0 Å². The van der Waals surface area contributed by atoms with Crippen LogP contribution in [-0.4, -0.2) is 73.2 Å². The quantitative estimate of drug-likeness (QED) is 0.381. The summed E-state index contributed by atoms with van der Waals surface area (Å²) in [4.78, 5) is 1.97. The van der Waals surface area contributed by atoms with Crippen molar-refractivity contribution in [2.45, 2.75) is 42.6 Å². The van der Waals surface area contributed by atoms with Crippen LogP contribution in [0.15, 0.2) is 77.7 Å². The van der Waals surface area contributed by atoms with E-state index in [1.54, 1.807) is 18.2 Å². The Bertz CT molecular complexity index is 1390. The van der Waals surface area contributed by atoms with Gasteiger partial charge in [-0.15, -0.1) is 0 Å². The molecule has 10 heteroatoms. The highest BCUT2D eigenvalue weighted by Crippen LogP contribution is 2.41. The van der Waals surface area contributed by atoms with Crippen molar-refractivity contribution in [3.05, 3.63) is 83.4 Å². The van der Waals surface area contributed by atoms with Crippen molar-refractivity contribution < 1.29 is 28.5 Å². The minimum absolute atomic E-state index is 0.0278. The van der Waals surface area contributed by atoms with E-state index in [0.717, 1.165) is 16.7 Å². The summed E-state index contributed by atoms with van der Waals surface area (Å²) in [5, 5.41) is 32.6. The fraction of sp³-hybridized carbons (Fsp3) is 0.379. The number of hydrogen-bond acceptors (Lipinski definition) is 7. The third-order valence-corrected chi connectivity index (χ3v) is 9.13. The van der Waals surface area contributed by atoms with Crippen LogP contribution in [0.5, 0.6) is 5.75 Å². The third kappa shape index (κ3) is 6.63. The first-order valence-electron chi connectivity index (χ1n) is 13.0. The van der Waals surface area contributed by atoms with Crippen molar-refractivity contribution in [2.75, 3.05) is 26.2 Å². The fourth-order valence-electron chi connectivity index (χ4n) is 5.62. The van der Waals surface area contributed by atoms with Crippen LogP contribution in [-0.2, 0) is 16.6 Å². The summed E-state index contributed by atoms with van der Waals surface area (Å²) in [6.45, 7) is 0.900. The first kappa shape index (κ1) is 28.0. The molecule has 3 aromatic carbocycles. The Kier molecular flexibility index (Phi) is 8.30. The summed E-state index contributed by atoms with van der Waals surface area (Å²) in [6, 6.07) is 21.9. The number of nitrogens with one attached hydrogen (secondary N) is 1. The van der Waals surface area contributed by atoms with Gasteiger partial charge in [-0.25, -0.2) is 13.1 Å². The second-order valence-corrected chi connectivity index (χ2v) is 12.8. The average Bonchev–Trinajstić information content (AvgIpc) is 3.19. The van der Waals surface area contributed by atoms with Gasteiger partial charge in [0.05, 0.1) is 24.9 Å². The van der Waals surface area contributed by atoms with E-state index in [2.05, 4.69) is 4.72 Å². The van der Waals surface area contributed by atoms with E-state index in [-0.39, 0.29) is 43.2 Å². The van der Waals surface area contributed by atoms with Crippen LogP contribution < -0.4 is 9.46 Å². The molecule has 0 saturated heterocycles. The minimum atomic E-state index is -4.01. The van der Waals surface area contributed by atoms with E-state index in [9.17, 15) is 23.7 Å². The van der Waals surface area contributed by atoms with Gasteiger partial charge in [-0.2, -0.15) is 0 Å². The second-order valence-electron chi connectivity index (χ2n) is 10.7. The van der Waals surface area contributed by atoms with Gasteiger partial charge in [0, 0.05) is 36.6 Å². The van der Waals surface area contributed by atoms with Crippen molar-refractivity contribution in [3.63, 3.8) is 0 Å². The molecule has 4 N–H and O–H groups in total. The van der Waals surface area contributed by atoms with Crippen molar-refractivity contribution in [1.29, 1.82) is 0 Å². The van der Waals surface area contributed by atoms with Crippen LogP contribution in [0.25, 0.3) is 11.1 Å². The van der Waals surface area contributed by atoms with Gasteiger partial charge in [-0.1, -0.05) is 60.1 Å². The van der Waals surface area contributed by atoms with Crippen LogP contribution in [0.2, 0.25) is 5.02 Å². The highest BCUT2D eigenvalue weighted by Gasteiger charge is 2.46. The molecule has 8 nitrogen and oxygen atoms in total. The zero-order chi connectivity index (χ0) is 27.6. The molecule has 1 aliphatic heterocycles. The molecule has 0 radical (unpaired) electrons. The van der Waals surface area contributed by atoms with Crippen LogP contribution in [0.4, 0.5) is 0 Å². The topological polar surface area (TPSA) is 119 Å². The van der Waals surface area contributed by atoms with Crippen LogP contribution in [0.1, 0.15) is 18.4 Å². The molecule has 5 rings (SSSR count). The Morgan fingerprint density at radius 1 is 0.949 bits per heavy atom. The number of ether oxygens (including phenoxy) is 1. The Hall–Kier alpha value is -2.50. The van der Waals surface area contributed by atoms with Crippen molar-refractivity contribution in [3.8, 4) is 16.9 Å². The smallest absolute Gasteiger partial charge is 0.244 e. The molecule has 1 aliphatic carbocycles. The SMILES string of the molecule is O=S1(=O)NC[C@H](O)CN(Cc2cccc(Cl)c2)CC2(COc3cc(-c4ccccc4)ccc31)C[C@@H](O)[C@@H](O)C2. The highest BCUT2D eigenvalue weighted by atomic mass is 35.5. The number of hydrogen-bond donors (Lipinski definition) is 4. The zero-order valence-electron chi connectivity index (χ0n) is 21.4. The van der Waals surface area contributed by atoms with E-state index in [1.807, 2.05) is 53.4 Å². The number of rotatable bonds is 3. The van der Waals surface area contributed by atoms with Crippen molar-refractivity contribution in [2.24, 2.45) is 5.41 Å².